The topological polar surface area (TPSA) is 361 Å². The molecule has 8 amide bonds. The van der Waals surface area contributed by atoms with E-state index in [-0.39, 0.29) is 35.6 Å². The lowest BCUT2D eigenvalue weighted by atomic mass is 9.92. The van der Waals surface area contributed by atoms with Crippen molar-refractivity contribution >= 4 is 74.8 Å². The number of hydrogen-bond acceptors (Lipinski definition) is 15. The number of fused-ring (bicyclic) bond motifs is 2. The van der Waals surface area contributed by atoms with Gasteiger partial charge in [0, 0.05) is 23.6 Å². The number of hydrogen-bond donors (Lipinski definition) is 12. The van der Waals surface area contributed by atoms with Gasteiger partial charge in [-0.25, -0.2) is 4.98 Å². The molecule has 8 atom stereocenters. The summed E-state index contributed by atoms with van der Waals surface area (Å²) >= 11 is 1.08. The van der Waals surface area contributed by atoms with Gasteiger partial charge in [0.2, 0.25) is 35.4 Å². The Labute approximate surface area is 401 Å². The van der Waals surface area contributed by atoms with Crippen LogP contribution < -0.4 is 42.5 Å². The van der Waals surface area contributed by atoms with Crippen LogP contribution in [0.2, 0.25) is 0 Å². The average Bonchev–Trinajstić information content (AvgIpc) is 3.78. The second-order valence-electron chi connectivity index (χ2n) is 16.2. The second kappa shape index (κ2) is 25.4. The summed E-state index contributed by atoms with van der Waals surface area (Å²) < 4.78 is 33.7. The molecule has 374 valence electrons. The Hall–Kier alpha value is -6.96. The van der Waals surface area contributed by atoms with E-state index in [9.17, 15) is 66.6 Å². The Morgan fingerprint density at radius 3 is 2.09 bits per heavy atom. The first-order valence-corrected chi connectivity index (χ1v) is 24.3. The summed E-state index contributed by atoms with van der Waals surface area (Å²) in [5, 5.41) is 52.3. The van der Waals surface area contributed by atoms with E-state index in [0.717, 1.165) is 17.4 Å². The molecule has 1 aliphatic rings. The maximum Gasteiger partial charge on any atom is 0.267 e. The predicted octanol–water partition coefficient (Wildman–Crippen LogP) is -0.934. The quantitative estimate of drug-likeness (QED) is 0.0868. The van der Waals surface area contributed by atoms with Crippen LogP contribution in [0.5, 0.6) is 11.5 Å². The summed E-state index contributed by atoms with van der Waals surface area (Å²) in [5.41, 5.74) is 0.962. The van der Waals surface area contributed by atoms with Crippen molar-refractivity contribution < 1.29 is 66.6 Å². The van der Waals surface area contributed by atoms with Gasteiger partial charge in [-0.3, -0.25) is 42.9 Å². The molecule has 23 nitrogen and oxygen atoms in total. The van der Waals surface area contributed by atoms with Crippen molar-refractivity contribution in [2.24, 2.45) is 5.92 Å². The Kier molecular flexibility index (Phi) is 20.1. The zero-order valence-electron chi connectivity index (χ0n) is 38.1. The van der Waals surface area contributed by atoms with E-state index in [0.29, 0.717) is 23.4 Å². The minimum atomic E-state index is -4.94. The first-order chi connectivity index (χ1) is 32.6. The van der Waals surface area contributed by atoms with Crippen LogP contribution in [0.3, 0.4) is 0 Å². The van der Waals surface area contributed by atoms with Gasteiger partial charge in [-0.1, -0.05) is 45.7 Å². The molecule has 0 saturated heterocycles. The normalized spacial score (nSPS) is 22.3. The van der Waals surface area contributed by atoms with E-state index in [4.69, 9.17) is 0 Å². The third-order valence-electron chi connectivity index (χ3n) is 10.8. The van der Waals surface area contributed by atoms with Crippen LogP contribution in [0.4, 0.5) is 0 Å². The molecule has 3 aromatic rings. The molecule has 69 heavy (non-hydrogen) atoms. The standard InChI is InChI=1S/C44H57N9O14S2/c1-5-7-30-41(62)53-36(23(3)6-2)37(58)43(64)51-31(18-25-8-13-28(54)14-9-25)44-48-27(21-68-44)12-17-34(56)49-33(22-69(65,66)67)40(61)45-19-32(42(63)50-30)52-38(59)24(4)47-35(57)20-46-39(60)26-10-15-29(55)16-11-26/h8-17,21,23-24,30-33,36-37,54-55,58H,5-7,18-20,22H2,1-4H3,(H,45,61)(H,46,60)(H,47,57)(H,49,56)(H,50,63)(H,51,64)(H,52,59)(H,53,62)(H,65,66,67)/b17-12+/t23-,24-,30-,31-,32-,33-,36-,37?/m0/s1. The number of aliphatic hydroxyl groups is 1. The van der Waals surface area contributed by atoms with Crippen LogP contribution in [0.1, 0.15) is 79.6 Å². The molecule has 0 fully saturated rings. The highest BCUT2D eigenvalue weighted by molar-refractivity contribution is 7.85. The highest BCUT2D eigenvalue weighted by Gasteiger charge is 2.36. The van der Waals surface area contributed by atoms with E-state index in [1.165, 1.54) is 54.8 Å². The van der Waals surface area contributed by atoms with Gasteiger partial charge in [0.05, 0.1) is 24.3 Å². The van der Waals surface area contributed by atoms with Crippen LogP contribution in [0.25, 0.3) is 6.08 Å². The van der Waals surface area contributed by atoms with E-state index in [2.05, 4.69) is 47.5 Å². The summed E-state index contributed by atoms with van der Waals surface area (Å²) in [6, 6.07) is 2.64. The van der Waals surface area contributed by atoms with Crippen LogP contribution in [-0.4, -0.2) is 136 Å². The molecule has 1 aromatic heterocycles. The third-order valence-corrected chi connectivity index (χ3v) is 12.5. The largest absolute Gasteiger partial charge is 0.508 e. The lowest BCUT2D eigenvalue weighted by Crippen LogP contribution is -2.62. The molecule has 25 heteroatoms. The Balaban J connectivity index is 1.67. The van der Waals surface area contributed by atoms with Crippen molar-refractivity contribution in [1.29, 1.82) is 0 Å². The first-order valence-electron chi connectivity index (χ1n) is 21.8. The molecule has 1 aliphatic heterocycles. The molecule has 12 N–H and O–H groups in total. The van der Waals surface area contributed by atoms with Gasteiger partial charge >= 0.3 is 0 Å². The fourth-order valence-corrected chi connectivity index (χ4v) is 8.24. The summed E-state index contributed by atoms with van der Waals surface area (Å²) in [6.45, 7) is 4.99. The number of aliphatic hydroxyl groups excluding tert-OH is 1. The molecule has 2 heterocycles. The summed E-state index contributed by atoms with van der Waals surface area (Å²) in [7, 11) is -4.94. The second-order valence-corrected chi connectivity index (χ2v) is 18.6. The number of nitrogens with one attached hydrogen (secondary N) is 8. The molecule has 4 rings (SSSR count). The Morgan fingerprint density at radius 1 is 0.826 bits per heavy atom. The summed E-state index contributed by atoms with van der Waals surface area (Å²) in [4.78, 5) is 112. The van der Waals surface area contributed by atoms with Crippen molar-refractivity contribution in [1.82, 2.24) is 47.5 Å². The lowest BCUT2D eigenvalue weighted by molar-refractivity contribution is -0.136. The van der Waals surface area contributed by atoms with Gasteiger partial charge in [0.25, 0.3) is 21.9 Å². The molecular formula is C44H57N9O14S2. The minimum absolute atomic E-state index is 0.00822. The maximum absolute atomic E-state index is 14.1. The summed E-state index contributed by atoms with van der Waals surface area (Å²) in [6.07, 6.45) is 1.06. The molecule has 2 bridgehead atoms. The molecule has 1 unspecified atom stereocenters. The summed E-state index contributed by atoms with van der Waals surface area (Å²) in [5.74, 6) is -9.51. The molecule has 0 saturated carbocycles. The van der Waals surface area contributed by atoms with Crippen molar-refractivity contribution in [2.45, 2.75) is 95.7 Å². The number of thiazole rings is 1. The third kappa shape index (κ3) is 17.3. The highest BCUT2D eigenvalue weighted by atomic mass is 32.2. The minimum Gasteiger partial charge on any atom is -0.508 e. The van der Waals surface area contributed by atoms with Gasteiger partial charge in [0.1, 0.15) is 46.4 Å². The fourth-order valence-electron chi connectivity index (χ4n) is 6.75. The first kappa shape index (κ1) is 54.6. The number of nitrogens with zero attached hydrogens (tertiary/aromatic N) is 1. The smallest absolute Gasteiger partial charge is 0.267 e. The number of phenols is 2. The van der Waals surface area contributed by atoms with Crippen LogP contribution in [-0.2, 0) is 50.1 Å². The SMILES string of the molecule is CCC[C@@H]1NC(=O)[C@@H](NC(=O)[C@H](C)NC(=O)CNC(=O)c2ccc(O)cc2)CNC(=O)[C@H](CS(=O)(=O)O)NC(=O)/C=C/c2csc(n2)[C@H](Cc2ccc(O)cc2)NC(=O)C(O)[C@H]([C@@H](C)CC)NC1=O. The highest BCUT2D eigenvalue weighted by Crippen LogP contribution is 2.25. The molecule has 2 aromatic carbocycles. The van der Waals surface area contributed by atoms with Crippen molar-refractivity contribution in [3.05, 3.63) is 81.8 Å². The zero-order chi connectivity index (χ0) is 51.0. The zero-order valence-corrected chi connectivity index (χ0v) is 39.7. The number of phenolic OH excluding ortho intramolecular Hbond substituents is 2. The maximum atomic E-state index is 14.1. The number of carbonyl (C=O) groups is 8. The van der Waals surface area contributed by atoms with Crippen LogP contribution in [0.15, 0.2) is 60.0 Å². The number of carbonyl (C=O) groups excluding carboxylic acids is 8. The van der Waals surface area contributed by atoms with Gasteiger partial charge in [0.15, 0.2) is 6.10 Å². The predicted molar refractivity (Wildman–Crippen MR) is 249 cm³/mol. The van der Waals surface area contributed by atoms with E-state index >= 15 is 0 Å². The van der Waals surface area contributed by atoms with E-state index in [1.54, 1.807) is 32.9 Å². The number of aromatic nitrogens is 1. The van der Waals surface area contributed by atoms with E-state index < -0.39 is 124 Å². The Morgan fingerprint density at radius 2 is 1.46 bits per heavy atom. The molecule has 0 spiro atoms. The number of aromatic hydroxyl groups is 2. The molecule has 0 aliphatic carbocycles. The number of rotatable bonds is 14. The van der Waals surface area contributed by atoms with Gasteiger partial charge in [-0.2, -0.15) is 8.42 Å². The molecular weight excluding hydrogens is 943 g/mol. The van der Waals surface area contributed by atoms with Crippen molar-refractivity contribution in [3.8, 4) is 11.5 Å². The fraction of sp³-hybridized carbons (Fsp3) is 0.432. The Bertz CT molecular complexity index is 2470. The lowest BCUT2D eigenvalue weighted by Gasteiger charge is -2.31. The van der Waals surface area contributed by atoms with E-state index in [1.807, 2.05) is 0 Å². The van der Waals surface area contributed by atoms with Gasteiger partial charge < -0.3 is 57.9 Å². The number of amides is 8. The van der Waals surface area contributed by atoms with Gasteiger partial charge in [-0.15, -0.1) is 11.3 Å². The number of benzene rings is 2. The average molecular weight is 1000 g/mol. The van der Waals surface area contributed by atoms with Crippen LogP contribution in [0, 0.1) is 5.92 Å². The van der Waals surface area contributed by atoms with Crippen molar-refractivity contribution in [2.75, 3.05) is 18.8 Å². The monoisotopic (exact) mass is 999 g/mol. The van der Waals surface area contributed by atoms with Crippen molar-refractivity contribution in [3.63, 3.8) is 0 Å². The van der Waals surface area contributed by atoms with Gasteiger partial charge in [-0.05, 0) is 73.7 Å². The molecule has 0 radical (unpaired) electrons. The van der Waals surface area contributed by atoms with Crippen LogP contribution >= 0.6 is 11.3 Å².